The number of ether oxygens (including phenoxy) is 1. The highest BCUT2D eigenvalue weighted by atomic mass is 79.9. The van der Waals surface area contributed by atoms with Crippen molar-refractivity contribution in [1.82, 2.24) is 0 Å². The molecule has 0 radical (unpaired) electrons. The summed E-state index contributed by atoms with van der Waals surface area (Å²) in [6.07, 6.45) is 0. The molecule has 0 saturated heterocycles. The van der Waals surface area contributed by atoms with E-state index in [1.807, 2.05) is 6.07 Å². The lowest BCUT2D eigenvalue weighted by Crippen LogP contribution is -2.11. The van der Waals surface area contributed by atoms with E-state index in [9.17, 15) is 4.79 Å². The van der Waals surface area contributed by atoms with Crippen LogP contribution in [0.2, 0.25) is 0 Å². The number of carbonyl (C=O) groups is 1. The molecule has 5 heteroatoms. The van der Waals surface area contributed by atoms with Gasteiger partial charge in [-0.1, -0.05) is 15.9 Å². The van der Waals surface area contributed by atoms with Crippen LogP contribution >= 0.6 is 15.9 Å². The highest BCUT2D eigenvalue weighted by Gasteiger charge is 1.99. The molecule has 15 heavy (non-hydrogen) atoms. The van der Waals surface area contributed by atoms with Crippen LogP contribution in [0.4, 0.5) is 5.69 Å². The number of benzene rings is 1. The molecule has 1 N–H and O–H groups in total. The molecule has 0 bridgehead atoms. The first-order valence-corrected chi connectivity index (χ1v) is 5.34. The maximum atomic E-state index is 11.0. The van der Waals surface area contributed by atoms with Crippen molar-refractivity contribution in [2.45, 2.75) is 0 Å². The van der Waals surface area contributed by atoms with Gasteiger partial charge in [0.1, 0.15) is 11.8 Å². The number of nitrogens with zero attached hydrogens (tertiary/aromatic N) is 1. The van der Waals surface area contributed by atoms with Gasteiger partial charge in [0.05, 0.1) is 5.33 Å². The summed E-state index contributed by atoms with van der Waals surface area (Å²) in [4.78, 5) is 11.0. The lowest BCUT2D eigenvalue weighted by atomic mass is 10.3. The number of rotatable bonds is 4. The van der Waals surface area contributed by atoms with Gasteiger partial charge >= 0.3 is 0 Å². The lowest BCUT2D eigenvalue weighted by molar-refractivity contribution is -0.113. The molecule has 1 amide bonds. The number of anilines is 1. The summed E-state index contributed by atoms with van der Waals surface area (Å²) in [6, 6.07) is 8.70. The van der Waals surface area contributed by atoms with Crippen LogP contribution < -0.4 is 10.1 Å². The van der Waals surface area contributed by atoms with Crippen molar-refractivity contribution < 1.29 is 9.53 Å². The number of alkyl halides is 1. The van der Waals surface area contributed by atoms with Crippen molar-refractivity contribution in [2.75, 3.05) is 17.3 Å². The Morgan fingerprint density at radius 1 is 1.47 bits per heavy atom. The standard InChI is InChI=1S/C10H9BrN2O2/c11-7-10(14)13-8-1-3-9(4-2-8)15-6-5-12/h1-4H,6-7H2,(H,13,14). The van der Waals surface area contributed by atoms with Crippen LogP contribution in [0.5, 0.6) is 5.75 Å². The molecule has 0 aliphatic rings. The van der Waals surface area contributed by atoms with E-state index in [0.29, 0.717) is 11.4 Å². The molecule has 1 rings (SSSR count). The Labute approximate surface area is 96.0 Å². The summed E-state index contributed by atoms with van der Waals surface area (Å²) in [7, 11) is 0. The molecule has 0 atom stereocenters. The minimum atomic E-state index is -0.110. The van der Waals surface area contributed by atoms with E-state index in [-0.39, 0.29) is 17.8 Å². The number of amides is 1. The van der Waals surface area contributed by atoms with E-state index in [2.05, 4.69) is 21.2 Å². The SMILES string of the molecule is N#CCOc1ccc(NC(=O)CBr)cc1. The normalized spacial score (nSPS) is 9.07. The number of halogens is 1. The molecule has 4 nitrogen and oxygen atoms in total. The number of hydrogen-bond acceptors (Lipinski definition) is 3. The number of nitrogens with one attached hydrogen (secondary N) is 1. The number of hydrogen-bond donors (Lipinski definition) is 1. The van der Waals surface area contributed by atoms with Gasteiger partial charge < -0.3 is 10.1 Å². The second-order valence-electron chi connectivity index (χ2n) is 2.65. The molecule has 0 aromatic heterocycles. The maximum Gasteiger partial charge on any atom is 0.235 e. The first kappa shape index (κ1) is 11.5. The molecule has 78 valence electrons. The molecule has 0 fully saturated rings. The Morgan fingerprint density at radius 2 is 2.13 bits per heavy atom. The zero-order valence-electron chi connectivity index (χ0n) is 7.87. The molecule has 0 unspecified atom stereocenters. The Balaban J connectivity index is 2.57. The first-order valence-electron chi connectivity index (χ1n) is 4.22. The van der Waals surface area contributed by atoms with E-state index in [0.717, 1.165) is 0 Å². The second-order valence-corrected chi connectivity index (χ2v) is 3.21. The summed E-state index contributed by atoms with van der Waals surface area (Å²) in [6.45, 7) is 0.0209. The van der Waals surface area contributed by atoms with E-state index < -0.39 is 0 Å². The molecule has 0 heterocycles. The van der Waals surface area contributed by atoms with Crippen molar-refractivity contribution in [2.24, 2.45) is 0 Å². The second kappa shape index (κ2) is 6.04. The van der Waals surface area contributed by atoms with Crippen LogP contribution in [0, 0.1) is 11.3 Å². The van der Waals surface area contributed by atoms with Crippen molar-refractivity contribution in [3.63, 3.8) is 0 Å². The summed E-state index contributed by atoms with van der Waals surface area (Å²) in [5, 5.41) is 11.2. The number of carbonyl (C=O) groups excluding carboxylic acids is 1. The zero-order valence-corrected chi connectivity index (χ0v) is 9.45. The van der Waals surface area contributed by atoms with Crippen molar-refractivity contribution in [3.05, 3.63) is 24.3 Å². The largest absolute Gasteiger partial charge is 0.479 e. The van der Waals surface area contributed by atoms with E-state index >= 15 is 0 Å². The minimum Gasteiger partial charge on any atom is -0.479 e. The fourth-order valence-electron chi connectivity index (χ4n) is 0.944. The van der Waals surface area contributed by atoms with Crippen LogP contribution in [-0.4, -0.2) is 17.8 Å². The summed E-state index contributed by atoms with van der Waals surface area (Å²) in [5.74, 6) is 0.495. The van der Waals surface area contributed by atoms with Gasteiger partial charge in [0.15, 0.2) is 6.61 Å². The number of nitriles is 1. The Bertz CT molecular complexity index is 370. The quantitative estimate of drug-likeness (QED) is 0.849. The van der Waals surface area contributed by atoms with Crippen LogP contribution in [0.15, 0.2) is 24.3 Å². The third kappa shape index (κ3) is 4.00. The van der Waals surface area contributed by atoms with Crippen LogP contribution in [0.3, 0.4) is 0 Å². The molecular formula is C10H9BrN2O2. The third-order valence-electron chi connectivity index (χ3n) is 1.56. The Hall–Kier alpha value is -1.54. The molecule has 0 aliphatic heterocycles. The highest BCUT2D eigenvalue weighted by Crippen LogP contribution is 2.15. The smallest absolute Gasteiger partial charge is 0.235 e. The van der Waals surface area contributed by atoms with Gasteiger partial charge in [-0.25, -0.2) is 0 Å². The van der Waals surface area contributed by atoms with Gasteiger partial charge in [-0.3, -0.25) is 4.79 Å². The van der Waals surface area contributed by atoms with Gasteiger partial charge in [0.2, 0.25) is 5.91 Å². The van der Waals surface area contributed by atoms with Gasteiger partial charge in [-0.05, 0) is 24.3 Å². The monoisotopic (exact) mass is 268 g/mol. The topological polar surface area (TPSA) is 62.1 Å². The molecule has 0 spiro atoms. The molecule has 0 aliphatic carbocycles. The Morgan fingerprint density at radius 3 is 2.67 bits per heavy atom. The summed E-state index contributed by atoms with van der Waals surface area (Å²) < 4.78 is 5.06. The van der Waals surface area contributed by atoms with E-state index in [1.54, 1.807) is 24.3 Å². The van der Waals surface area contributed by atoms with Crippen LogP contribution in [0.25, 0.3) is 0 Å². The van der Waals surface area contributed by atoms with E-state index in [1.165, 1.54) is 0 Å². The third-order valence-corrected chi connectivity index (χ3v) is 2.07. The van der Waals surface area contributed by atoms with Gasteiger partial charge in [0.25, 0.3) is 0 Å². The zero-order chi connectivity index (χ0) is 11.1. The Kier molecular flexibility index (Phi) is 4.64. The fraction of sp³-hybridized carbons (Fsp3) is 0.200. The highest BCUT2D eigenvalue weighted by molar-refractivity contribution is 9.09. The van der Waals surface area contributed by atoms with Crippen molar-refractivity contribution in [3.8, 4) is 11.8 Å². The molecular weight excluding hydrogens is 260 g/mol. The predicted molar refractivity (Wildman–Crippen MR) is 60.0 cm³/mol. The predicted octanol–water partition coefficient (Wildman–Crippen LogP) is 1.92. The average Bonchev–Trinajstić information content (AvgIpc) is 2.28. The fourth-order valence-corrected chi connectivity index (χ4v) is 1.08. The van der Waals surface area contributed by atoms with Crippen LogP contribution in [0.1, 0.15) is 0 Å². The molecule has 1 aromatic rings. The summed E-state index contributed by atoms with van der Waals surface area (Å²) in [5.41, 5.74) is 0.698. The molecule has 0 saturated carbocycles. The van der Waals surface area contributed by atoms with Crippen molar-refractivity contribution in [1.29, 1.82) is 5.26 Å². The van der Waals surface area contributed by atoms with Crippen LogP contribution in [-0.2, 0) is 4.79 Å². The lowest BCUT2D eigenvalue weighted by Gasteiger charge is -2.04. The van der Waals surface area contributed by atoms with Gasteiger partial charge in [0, 0.05) is 5.69 Å². The molecule has 1 aromatic carbocycles. The summed E-state index contributed by atoms with van der Waals surface area (Å²) >= 11 is 3.05. The minimum absolute atomic E-state index is 0.0209. The maximum absolute atomic E-state index is 11.0. The van der Waals surface area contributed by atoms with Gasteiger partial charge in [-0.15, -0.1) is 0 Å². The van der Waals surface area contributed by atoms with E-state index in [4.69, 9.17) is 10.00 Å². The van der Waals surface area contributed by atoms with Crippen molar-refractivity contribution >= 4 is 27.5 Å². The first-order chi connectivity index (χ1) is 7.26. The van der Waals surface area contributed by atoms with Gasteiger partial charge in [-0.2, -0.15) is 5.26 Å². The average molecular weight is 269 g/mol.